The molecule has 10 heteroatoms. The Balaban J connectivity index is 1.41. The molecule has 2 aromatic rings. The number of rotatable bonds is 9. The monoisotopic (exact) mass is 532 g/mol. The second kappa shape index (κ2) is 11.9. The average Bonchev–Trinajstić information content (AvgIpc) is 3.44. The van der Waals surface area contributed by atoms with Gasteiger partial charge in [-0.3, -0.25) is 14.5 Å². The van der Waals surface area contributed by atoms with Crippen LogP contribution in [0, 0.1) is 0 Å². The van der Waals surface area contributed by atoms with E-state index in [0.717, 1.165) is 25.0 Å². The molecule has 184 valence electrons. The summed E-state index contributed by atoms with van der Waals surface area (Å²) in [7, 11) is 0. The van der Waals surface area contributed by atoms with E-state index in [-0.39, 0.29) is 24.5 Å². The Hall–Kier alpha value is -2.59. The van der Waals surface area contributed by atoms with Gasteiger partial charge in [-0.15, -0.1) is 0 Å². The maximum Gasteiger partial charge on any atom is 0.266 e. The smallest absolute Gasteiger partial charge is 0.266 e. The highest BCUT2D eigenvalue weighted by molar-refractivity contribution is 8.26. The van der Waals surface area contributed by atoms with Crippen molar-refractivity contribution >= 4 is 63.5 Å². The van der Waals surface area contributed by atoms with Crippen molar-refractivity contribution in [3.05, 3.63) is 58.0 Å². The van der Waals surface area contributed by atoms with Gasteiger partial charge in [0.1, 0.15) is 4.32 Å². The van der Waals surface area contributed by atoms with Gasteiger partial charge in [0.15, 0.2) is 18.1 Å². The first kappa shape index (κ1) is 25.5. The Bertz CT molecular complexity index is 1130. The molecule has 2 heterocycles. The summed E-state index contributed by atoms with van der Waals surface area (Å²) in [6.45, 7) is 3.30. The maximum absolute atomic E-state index is 12.9. The topological polar surface area (TPSA) is 77.1 Å². The van der Waals surface area contributed by atoms with Crippen LogP contribution in [0.15, 0.2) is 47.4 Å². The molecule has 1 atom stereocenters. The van der Waals surface area contributed by atoms with Crippen molar-refractivity contribution < 1.29 is 23.8 Å². The lowest BCUT2D eigenvalue weighted by Gasteiger charge is -2.18. The van der Waals surface area contributed by atoms with Gasteiger partial charge in [0, 0.05) is 17.3 Å². The minimum atomic E-state index is -0.311. The molecular formula is C25H25ClN2O5S2. The Morgan fingerprint density at radius 3 is 2.77 bits per heavy atom. The quantitative estimate of drug-likeness (QED) is 0.354. The van der Waals surface area contributed by atoms with E-state index in [1.165, 1.54) is 11.8 Å². The first-order valence-corrected chi connectivity index (χ1v) is 12.8. The highest BCUT2D eigenvalue weighted by atomic mass is 35.5. The summed E-state index contributed by atoms with van der Waals surface area (Å²) in [5, 5.41) is 3.34. The minimum Gasteiger partial charge on any atom is -0.490 e. The summed E-state index contributed by atoms with van der Waals surface area (Å²) in [5.41, 5.74) is 1.39. The van der Waals surface area contributed by atoms with E-state index in [0.29, 0.717) is 44.6 Å². The highest BCUT2D eigenvalue weighted by Gasteiger charge is 2.34. The molecule has 2 aromatic carbocycles. The number of halogens is 1. The van der Waals surface area contributed by atoms with Gasteiger partial charge in [-0.2, -0.15) is 0 Å². The predicted molar refractivity (Wildman–Crippen MR) is 142 cm³/mol. The van der Waals surface area contributed by atoms with Crippen LogP contribution in [0.4, 0.5) is 5.69 Å². The van der Waals surface area contributed by atoms with E-state index in [9.17, 15) is 9.59 Å². The molecule has 35 heavy (non-hydrogen) atoms. The molecule has 2 aliphatic heterocycles. The molecule has 0 unspecified atom stereocenters. The fraction of sp³-hybridized carbons (Fsp3) is 0.320. The third-order valence-electron chi connectivity index (χ3n) is 5.34. The summed E-state index contributed by atoms with van der Waals surface area (Å²) in [5.74, 6) is 0.484. The second-order valence-electron chi connectivity index (χ2n) is 7.91. The summed E-state index contributed by atoms with van der Waals surface area (Å²) >= 11 is 12.6. The molecule has 2 aliphatic rings. The third kappa shape index (κ3) is 6.76. The fourth-order valence-corrected chi connectivity index (χ4v) is 5.08. The lowest BCUT2D eigenvalue weighted by atomic mass is 10.1. The zero-order valence-electron chi connectivity index (χ0n) is 19.1. The van der Waals surface area contributed by atoms with E-state index >= 15 is 0 Å². The first-order chi connectivity index (χ1) is 16.9. The molecule has 4 rings (SSSR count). The third-order valence-corrected chi connectivity index (χ3v) is 6.97. The Morgan fingerprint density at radius 2 is 2.06 bits per heavy atom. The molecule has 2 amide bonds. The van der Waals surface area contributed by atoms with Crippen LogP contribution in [-0.4, -0.2) is 53.5 Å². The van der Waals surface area contributed by atoms with Crippen LogP contribution >= 0.6 is 35.6 Å². The molecule has 0 aliphatic carbocycles. The van der Waals surface area contributed by atoms with Crippen molar-refractivity contribution in [3.63, 3.8) is 0 Å². The molecule has 2 saturated heterocycles. The van der Waals surface area contributed by atoms with Crippen LogP contribution in [-0.2, 0) is 14.3 Å². The first-order valence-electron chi connectivity index (χ1n) is 11.2. The van der Waals surface area contributed by atoms with Crippen molar-refractivity contribution in [2.24, 2.45) is 0 Å². The molecule has 0 bridgehead atoms. The SMILES string of the molecule is CCOc1cc(/C=C2\SC(=S)N(C[C@H]3CCCO3)C2=O)ccc1OCC(=O)Nc1ccc(Cl)cc1. The molecule has 2 fully saturated rings. The van der Waals surface area contributed by atoms with Crippen LogP contribution in [0.1, 0.15) is 25.3 Å². The predicted octanol–water partition coefficient (Wildman–Crippen LogP) is 5.14. The lowest BCUT2D eigenvalue weighted by Crippen LogP contribution is -2.35. The largest absolute Gasteiger partial charge is 0.490 e. The maximum atomic E-state index is 12.9. The number of carbonyl (C=O) groups excluding carboxylic acids is 2. The van der Waals surface area contributed by atoms with Gasteiger partial charge in [0.2, 0.25) is 0 Å². The second-order valence-corrected chi connectivity index (χ2v) is 10.0. The van der Waals surface area contributed by atoms with Gasteiger partial charge in [-0.1, -0.05) is 41.6 Å². The van der Waals surface area contributed by atoms with Gasteiger partial charge < -0.3 is 19.5 Å². The molecule has 0 saturated carbocycles. The normalized spacial score (nSPS) is 18.9. The molecule has 7 nitrogen and oxygen atoms in total. The number of nitrogens with zero attached hydrogens (tertiary/aromatic N) is 1. The fourth-order valence-electron chi connectivity index (χ4n) is 3.68. The Labute approximate surface area is 218 Å². The Kier molecular flexibility index (Phi) is 8.67. The highest BCUT2D eigenvalue weighted by Crippen LogP contribution is 2.35. The summed E-state index contributed by atoms with van der Waals surface area (Å²) in [6.07, 6.45) is 3.77. The standard InChI is InChI=1S/C25H25ClN2O5S2/c1-2-31-21-12-16(13-22-24(30)28(25(34)35-22)14-19-4-3-11-32-19)5-10-20(21)33-15-23(29)27-18-8-6-17(26)7-9-18/h5-10,12-13,19H,2-4,11,14-15H2,1H3,(H,27,29)/b22-13-/t19-/m1/s1. The lowest BCUT2D eigenvalue weighted by molar-refractivity contribution is -0.123. The number of carbonyl (C=O) groups is 2. The minimum absolute atomic E-state index is 0.0368. The number of ether oxygens (including phenoxy) is 3. The van der Waals surface area contributed by atoms with Gasteiger partial charge in [-0.05, 0) is 67.8 Å². The molecule has 1 N–H and O–H groups in total. The van der Waals surface area contributed by atoms with E-state index in [2.05, 4.69) is 5.32 Å². The molecular weight excluding hydrogens is 508 g/mol. The molecule has 0 radical (unpaired) electrons. The van der Waals surface area contributed by atoms with E-state index in [1.807, 2.05) is 13.0 Å². The number of thioether (sulfide) groups is 1. The molecule has 0 spiro atoms. The van der Waals surface area contributed by atoms with Gasteiger partial charge in [0.05, 0.1) is 24.2 Å². The van der Waals surface area contributed by atoms with Crippen molar-refractivity contribution in [1.29, 1.82) is 0 Å². The van der Waals surface area contributed by atoms with Crippen LogP contribution in [0.5, 0.6) is 11.5 Å². The van der Waals surface area contributed by atoms with Crippen molar-refractivity contribution in [2.45, 2.75) is 25.9 Å². The van der Waals surface area contributed by atoms with Crippen molar-refractivity contribution in [1.82, 2.24) is 4.90 Å². The number of nitrogens with one attached hydrogen (secondary N) is 1. The number of anilines is 1. The van der Waals surface area contributed by atoms with Crippen LogP contribution < -0.4 is 14.8 Å². The van der Waals surface area contributed by atoms with E-state index < -0.39 is 0 Å². The van der Waals surface area contributed by atoms with Crippen molar-refractivity contribution in [3.8, 4) is 11.5 Å². The van der Waals surface area contributed by atoms with Crippen LogP contribution in [0.25, 0.3) is 6.08 Å². The number of benzene rings is 2. The molecule has 0 aromatic heterocycles. The van der Waals surface area contributed by atoms with Gasteiger partial charge in [-0.25, -0.2) is 0 Å². The van der Waals surface area contributed by atoms with Crippen LogP contribution in [0.2, 0.25) is 5.02 Å². The summed E-state index contributed by atoms with van der Waals surface area (Å²) in [6, 6.07) is 12.1. The summed E-state index contributed by atoms with van der Waals surface area (Å²) < 4.78 is 17.6. The number of thiocarbonyl (C=S) groups is 1. The van der Waals surface area contributed by atoms with Crippen molar-refractivity contribution in [2.75, 3.05) is 31.7 Å². The van der Waals surface area contributed by atoms with E-state index in [1.54, 1.807) is 47.4 Å². The van der Waals surface area contributed by atoms with E-state index in [4.69, 9.17) is 38.0 Å². The number of hydrogen-bond acceptors (Lipinski definition) is 7. The van der Waals surface area contributed by atoms with Gasteiger partial charge >= 0.3 is 0 Å². The zero-order chi connectivity index (χ0) is 24.8. The van der Waals surface area contributed by atoms with Crippen LogP contribution in [0.3, 0.4) is 0 Å². The zero-order valence-corrected chi connectivity index (χ0v) is 21.5. The summed E-state index contributed by atoms with van der Waals surface area (Å²) in [4.78, 5) is 27.4. The number of hydrogen-bond donors (Lipinski definition) is 1. The average molecular weight is 533 g/mol. The Morgan fingerprint density at radius 1 is 1.26 bits per heavy atom. The number of amides is 2. The van der Waals surface area contributed by atoms with Gasteiger partial charge in [0.25, 0.3) is 11.8 Å².